The van der Waals surface area contributed by atoms with E-state index in [2.05, 4.69) is 6.07 Å². The first-order valence-electron chi connectivity index (χ1n) is 6.45. The summed E-state index contributed by atoms with van der Waals surface area (Å²) in [5, 5.41) is 18.3. The summed E-state index contributed by atoms with van der Waals surface area (Å²) in [6.45, 7) is 1.89. The first-order valence-corrected chi connectivity index (χ1v) is 6.45. The minimum absolute atomic E-state index is 0.243. The molecule has 1 aliphatic rings. The van der Waals surface area contributed by atoms with Crippen LogP contribution in [0.4, 0.5) is 0 Å². The second kappa shape index (κ2) is 5.10. The van der Waals surface area contributed by atoms with Gasteiger partial charge in [0.05, 0.1) is 17.0 Å². The lowest BCUT2D eigenvalue weighted by Gasteiger charge is -2.29. The zero-order valence-corrected chi connectivity index (χ0v) is 11.6. The summed E-state index contributed by atoms with van der Waals surface area (Å²) in [6.07, 6.45) is 5.32. The van der Waals surface area contributed by atoms with Gasteiger partial charge in [0, 0.05) is 7.11 Å². The highest BCUT2D eigenvalue weighted by atomic mass is 16.5. The summed E-state index contributed by atoms with van der Waals surface area (Å²) in [4.78, 5) is 10.9. The van der Waals surface area contributed by atoms with Crippen molar-refractivity contribution in [2.75, 3.05) is 7.11 Å². The number of nitriles is 1. The molecule has 0 unspecified atom stereocenters. The molecule has 1 aromatic rings. The number of carbonyl (C=O) groups is 1. The monoisotopic (exact) mass is 271 g/mol. The summed E-state index contributed by atoms with van der Waals surface area (Å²) in [5.74, 6) is -0.953. The van der Waals surface area contributed by atoms with Crippen molar-refractivity contribution in [1.82, 2.24) is 0 Å². The smallest absolute Gasteiger partial charge is 0.335 e. The van der Waals surface area contributed by atoms with Gasteiger partial charge >= 0.3 is 5.97 Å². The Hall–Kier alpha value is -2.12. The third-order valence-electron chi connectivity index (χ3n) is 4.07. The molecule has 4 nitrogen and oxygen atoms in total. The van der Waals surface area contributed by atoms with Gasteiger partial charge in [-0.2, -0.15) is 5.26 Å². The first-order chi connectivity index (χ1) is 9.46. The van der Waals surface area contributed by atoms with Gasteiger partial charge in [0.25, 0.3) is 0 Å². The third-order valence-corrected chi connectivity index (χ3v) is 4.07. The largest absolute Gasteiger partial charge is 0.478 e. The quantitative estimate of drug-likeness (QED) is 0.893. The summed E-state index contributed by atoms with van der Waals surface area (Å²) in [7, 11) is 1.59. The highest BCUT2D eigenvalue weighted by Crippen LogP contribution is 2.55. The first kappa shape index (κ1) is 14.3. The molecule has 104 valence electrons. The Morgan fingerprint density at radius 1 is 1.55 bits per heavy atom. The van der Waals surface area contributed by atoms with E-state index in [4.69, 9.17) is 9.84 Å². The molecular weight excluding hydrogens is 254 g/mol. The van der Waals surface area contributed by atoms with Crippen LogP contribution in [0.3, 0.4) is 0 Å². The van der Waals surface area contributed by atoms with Gasteiger partial charge in [-0.3, -0.25) is 0 Å². The van der Waals surface area contributed by atoms with Crippen LogP contribution in [0.1, 0.15) is 35.7 Å². The highest BCUT2D eigenvalue weighted by molar-refractivity contribution is 5.88. The molecule has 0 saturated heterocycles. The number of hydrogen-bond donors (Lipinski definition) is 1. The topological polar surface area (TPSA) is 70.3 Å². The van der Waals surface area contributed by atoms with E-state index >= 15 is 0 Å². The van der Waals surface area contributed by atoms with Crippen molar-refractivity contribution >= 4 is 12.0 Å². The Balaban J connectivity index is 2.26. The fourth-order valence-electron chi connectivity index (χ4n) is 2.30. The van der Waals surface area contributed by atoms with Crippen molar-refractivity contribution in [1.29, 1.82) is 5.26 Å². The molecule has 1 aromatic carbocycles. The second-order valence-corrected chi connectivity index (χ2v) is 5.27. The predicted octanol–water partition coefficient (Wildman–Crippen LogP) is 3.11. The zero-order chi connectivity index (χ0) is 14.8. The van der Waals surface area contributed by atoms with Crippen LogP contribution in [0.25, 0.3) is 6.08 Å². The number of carboxylic acids is 1. The number of hydrogen-bond acceptors (Lipinski definition) is 3. The molecule has 2 rings (SSSR count). The van der Waals surface area contributed by atoms with Gasteiger partial charge in [-0.1, -0.05) is 24.3 Å². The number of benzene rings is 1. The number of aromatic carboxylic acids is 1. The predicted molar refractivity (Wildman–Crippen MR) is 75.1 cm³/mol. The van der Waals surface area contributed by atoms with Gasteiger partial charge in [0.1, 0.15) is 5.60 Å². The molecule has 1 aliphatic carbocycles. The maximum absolute atomic E-state index is 10.9. The molecule has 0 bridgehead atoms. The van der Waals surface area contributed by atoms with Crippen molar-refractivity contribution in [2.24, 2.45) is 5.41 Å². The van der Waals surface area contributed by atoms with E-state index in [0.717, 1.165) is 18.4 Å². The van der Waals surface area contributed by atoms with E-state index < -0.39 is 17.0 Å². The van der Waals surface area contributed by atoms with Crippen LogP contribution in [0.5, 0.6) is 0 Å². The van der Waals surface area contributed by atoms with Crippen LogP contribution in [0.2, 0.25) is 0 Å². The van der Waals surface area contributed by atoms with E-state index in [0.29, 0.717) is 0 Å². The summed E-state index contributed by atoms with van der Waals surface area (Å²) < 4.78 is 5.53. The van der Waals surface area contributed by atoms with Crippen LogP contribution in [-0.4, -0.2) is 23.8 Å². The molecule has 0 aliphatic heterocycles. The number of nitrogens with zero attached hydrogens (tertiary/aromatic N) is 1. The summed E-state index contributed by atoms with van der Waals surface area (Å²) in [5.41, 5.74) is -0.0847. The molecule has 0 heterocycles. The standard InChI is InChI=1S/C16H17NO3/c1-15(20-2,16(11-17)8-9-16)7-6-12-4-3-5-13(10-12)14(18)19/h3-7,10H,8-9H2,1-2H3,(H,18,19)/b7-6+/t15-/m1/s1. The lowest BCUT2D eigenvalue weighted by molar-refractivity contribution is 0.00671. The van der Waals surface area contributed by atoms with E-state index in [1.54, 1.807) is 25.3 Å². The lowest BCUT2D eigenvalue weighted by atomic mass is 9.86. The van der Waals surface area contributed by atoms with Crippen molar-refractivity contribution in [3.63, 3.8) is 0 Å². The Morgan fingerprint density at radius 2 is 2.25 bits per heavy atom. The number of ether oxygens (including phenoxy) is 1. The van der Waals surface area contributed by atoms with Crippen LogP contribution in [-0.2, 0) is 4.74 Å². The van der Waals surface area contributed by atoms with Gasteiger partial charge < -0.3 is 9.84 Å². The number of rotatable bonds is 5. The van der Waals surface area contributed by atoms with Crippen LogP contribution < -0.4 is 0 Å². The lowest BCUT2D eigenvalue weighted by Crippen LogP contribution is -2.35. The fraction of sp³-hybridized carbons (Fsp3) is 0.375. The fourth-order valence-corrected chi connectivity index (χ4v) is 2.30. The molecule has 1 fully saturated rings. The Labute approximate surface area is 118 Å². The number of carboxylic acid groups (broad SMARTS) is 1. The Morgan fingerprint density at radius 3 is 2.75 bits per heavy atom. The normalized spacial score (nSPS) is 19.2. The maximum atomic E-state index is 10.9. The number of methoxy groups -OCH3 is 1. The van der Waals surface area contributed by atoms with Gasteiger partial charge in [0.15, 0.2) is 0 Å². The molecule has 0 amide bonds. The summed E-state index contributed by atoms with van der Waals surface area (Å²) in [6, 6.07) is 9.01. The minimum Gasteiger partial charge on any atom is -0.478 e. The van der Waals surface area contributed by atoms with Crippen molar-refractivity contribution in [2.45, 2.75) is 25.4 Å². The van der Waals surface area contributed by atoms with Crippen LogP contribution in [0, 0.1) is 16.7 Å². The van der Waals surface area contributed by atoms with Crippen molar-refractivity contribution in [3.8, 4) is 6.07 Å². The molecule has 0 radical (unpaired) electrons. The van der Waals surface area contributed by atoms with Gasteiger partial charge in [-0.05, 0) is 37.5 Å². The van der Waals surface area contributed by atoms with E-state index in [1.807, 2.05) is 25.1 Å². The van der Waals surface area contributed by atoms with E-state index in [9.17, 15) is 10.1 Å². The molecule has 20 heavy (non-hydrogen) atoms. The highest BCUT2D eigenvalue weighted by Gasteiger charge is 2.57. The molecular formula is C16H17NO3. The van der Waals surface area contributed by atoms with Crippen LogP contribution in [0.15, 0.2) is 30.3 Å². The molecule has 1 saturated carbocycles. The molecule has 0 aromatic heterocycles. The third kappa shape index (κ3) is 2.45. The van der Waals surface area contributed by atoms with Gasteiger partial charge in [0.2, 0.25) is 0 Å². The Kier molecular flexibility index (Phi) is 3.65. The van der Waals surface area contributed by atoms with Gasteiger partial charge in [-0.15, -0.1) is 0 Å². The molecule has 4 heteroatoms. The van der Waals surface area contributed by atoms with Crippen molar-refractivity contribution < 1.29 is 14.6 Å². The molecule has 0 spiro atoms. The second-order valence-electron chi connectivity index (χ2n) is 5.27. The minimum atomic E-state index is -0.953. The van der Waals surface area contributed by atoms with E-state index in [1.165, 1.54) is 0 Å². The zero-order valence-electron chi connectivity index (χ0n) is 11.6. The average Bonchev–Trinajstić information content (AvgIpc) is 3.26. The van der Waals surface area contributed by atoms with Crippen LogP contribution >= 0.6 is 0 Å². The average molecular weight is 271 g/mol. The maximum Gasteiger partial charge on any atom is 0.335 e. The molecule has 1 atom stereocenters. The van der Waals surface area contributed by atoms with E-state index in [-0.39, 0.29) is 5.56 Å². The van der Waals surface area contributed by atoms with Gasteiger partial charge in [-0.25, -0.2) is 4.79 Å². The molecule has 1 N–H and O–H groups in total. The van der Waals surface area contributed by atoms with Crippen molar-refractivity contribution in [3.05, 3.63) is 41.5 Å². The SMILES string of the molecule is CO[C@](C)(/C=C/c1cccc(C(=O)O)c1)C1(C#N)CC1. The summed E-state index contributed by atoms with van der Waals surface area (Å²) >= 11 is 0. The Bertz CT molecular complexity index is 596.